The van der Waals surface area contributed by atoms with E-state index in [-0.39, 0.29) is 50.0 Å². The first-order valence-corrected chi connectivity index (χ1v) is 15.5. The number of nitrogens with zero attached hydrogens (tertiary/aromatic N) is 3. The maximum Gasteiger partial charge on any atom is 0.128 e. The third-order valence-corrected chi connectivity index (χ3v) is 8.50. The number of hydrogen-bond donors (Lipinski definition) is 0. The zero-order chi connectivity index (χ0) is 36.2. The van der Waals surface area contributed by atoms with Gasteiger partial charge in [0, 0.05) is 65.2 Å². The van der Waals surface area contributed by atoms with Crippen LogP contribution in [0, 0.1) is 12.1 Å². The van der Waals surface area contributed by atoms with Crippen molar-refractivity contribution in [2.24, 2.45) is 0 Å². The van der Waals surface area contributed by atoms with Crippen molar-refractivity contribution in [1.82, 2.24) is 14.5 Å². The van der Waals surface area contributed by atoms with Crippen molar-refractivity contribution in [1.29, 1.82) is 0 Å². The average molecular weight is 811 g/mol. The van der Waals surface area contributed by atoms with Crippen molar-refractivity contribution in [2.75, 3.05) is 0 Å². The van der Waals surface area contributed by atoms with E-state index >= 15 is 0 Å². The number of fused-ring (bicyclic) bond motifs is 8. The first-order valence-electron chi connectivity index (χ1n) is 18.0. The quantitative estimate of drug-likeness (QED) is 0.167. The summed E-state index contributed by atoms with van der Waals surface area (Å²) in [6, 6.07) is 44.0. The summed E-state index contributed by atoms with van der Waals surface area (Å²) in [6.45, 7) is 0. The molecule has 0 aliphatic rings. The molecule has 0 N–H and O–H groups in total. The van der Waals surface area contributed by atoms with E-state index in [9.17, 15) is 0 Å². The SMILES string of the molecule is [2H]c1c([2H])c([2H])c(-n2c3ccccc3c3cnc(-c4[c-]ccc5c4oc4c6ccccc6ccc54)cc32)c([2H])c1[2H].[Ir].[c-]1ccccc1-c1ccccn1. The molecule has 0 saturated carbocycles. The standard InChI is InChI=1S/C33H19N2O.C11H8N.Ir/c1-2-10-22(11-3-1)35-30-16-7-6-13-24(30)28-20-34-29(19-31(28)35)27-15-8-14-25-26-18-17-21-9-4-5-12-23(21)32(26)36-33(25)27;1-2-6-10(7-3-1)11-8-4-5-9-12-11;/h1-14,16-20H;1-6,8-9H;/q2*-1;/i1D,2D,3D,10D,11D;;. The van der Waals surface area contributed by atoms with E-state index in [4.69, 9.17) is 16.3 Å². The summed E-state index contributed by atoms with van der Waals surface area (Å²) >= 11 is 0. The van der Waals surface area contributed by atoms with Gasteiger partial charge >= 0.3 is 0 Å². The fraction of sp³-hybridized carbons (Fsp3) is 0. The Labute approximate surface area is 303 Å². The Morgan fingerprint density at radius 3 is 2.22 bits per heavy atom. The largest absolute Gasteiger partial charge is 0.500 e. The fourth-order valence-corrected chi connectivity index (χ4v) is 6.33. The van der Waals surface area contributed by atoms with Crippen molar-refractivity contribution in [3.05, 3.63) is 176 Å². The summed E-state index contributed by atoms with van der Waals surface area (Å²) in [4.78, 5) is 9.03. The molecule has 0 unspecified atom stereocenters. The molecule has 6 aromatic carbocycles. The topological polar surface area (TPSA) is 43.9 Å². The fourth-order valence-electron chi connectivity index (χ4n) is 6.33. The van der Waals surface area contributed by atoms with Crippen molar-refractivity contribution in [2.45, 2.75) is 0 Å². The van der Waals surface area contributed by atoms with Crippen LogP contribution in [0.5, 0.6) is 0 Å². The van der Waals surface area contributed by atoms with Gasteiger partial charge < -0.3 is 19.0 Å². The van der Waals surface area contributed by atoms with E-state index in [1.54, 1.807) is 17.0 Å². The molecule has 10 rings (SSSR count). The van der Waals surface area contributed by atoms with Crippen LogP contribution >= 0.6 is 0 Å². The normalized spacial score (nSPS) is 12.5. The molecule has 49 heavy (non-hydrogen) atoms. The van der Waals surface area contributed by atoms with E-state index in [0.29, 0.717) is 22.4 Å². The van der Waals surface area contributed by atoms with Crippen LogP contribution in [0.15, 0.2) is 168 Å². The molecule has 4 heterocycles. The maximum absolute atomic E-state index is 8.69. The van der Waals surface area contributed by atoms with E-state index in [2.05, 4.69) is 35.3 Å². The first-order chi connectivity index (χ1) is 25.9. The van der Waals surface area contributed by atoms with Crippen molar-refractivity contribution >= 4 is 54.5 Å². The minimum atomic E-state index is -0.425. The Hall–Kier alpha value is -5.87. The Kier molecular flexibility index (Phi) is 6.67. The maximum atomic E-state index is 8.69. The van der Waals surface area contributed by atoms with Crippen LogP contribution in [0.25, 0.3) is 82.7 Å². The molecule has 0 spiro atoms. The number of rotatable bonds is 3. The number of furan rings is 1. The van der Waals surface area contributed by atoms with Gasteiger partial charge in [-0.1, -0.05) is 102 Å². The summed E-state index contributed by atoms with van der Waals surface area (Å²) in [5, 5.41) is 5.74. The third kappa shape index (κ3) is 5.40. The van der Waals surface area contributed by atoms with Gasteiger partial charge in [-0.2, -0.15) is 0 Å². The zero-order valence-corrected chi connectivity index (χ0v) is 28.2. The second-order valence-electron chi connectivity index (χ2n) is 11.3. The molecule has 0 fully saturated rings. The van der Waals surface area contributed by atoms with E-state index in [0.717, 1.165) is 54.7 Å². The van der Waals surface area contributed by atoms with Crippen LogP contribution in [0.2, 0.25) is 0 Å². The summed E-state index contributed by atoms with van der Waals surface area (Å²) < 4.78 is 50.3. The molecule has 0 aliphatic carbocycles. The number of pyridine rings is 2. The molecule has 0 saturated heterocycles. The summed E-state index contributed by atoms with van der Waals surface area (Å²) in [6.07, 6.45) is 3.56. The molecule has 4 aromatic heterocycles. The van der Waals surface area contributed by atoms with Crippen molar-refractivity contribution in [3.63, 3.8) is 0 Å². The van der Waals surface area contributed by atoms with Gasteiger partial charge in [0.15, 0.2) is 0 Å². The molecule has 4 nitrogen and oxygen atoms in total. The van der Waals surface area contributed by atoms with Gasteiger partial charge in [-0.25, -0.2) is 0 Å². The predicted octanol–water partition coefficient (Wildman–Crippen LogP) is 11.2. The molecular formula is C44H27IrN3O-2. The monoisotopic (exact) mass is 811 g/mol. The van der Waals surface area contributed by atoms with Crippen LogP contribution in [-0.2, 0) is 20.1 Å². The summed E-state index contributed by atoms with van der Waals surface area (Å²) in [5.74, 6) is 0. The van der Waals surface area contributed by atoms with Gasteiger partial charge in [0.05, 0.1) is 18.0 Å². The molecule has 1 radical (unpaired) electrons. The average Bonchev–Trinajstić information content (AvgIpc) is 3.76. The Balaban J connectivity index is 0.000000271. The van der Waals surface area contributed by atoms with Crippen LogP contribution in [0.3, 0.4) is 0 Å². The predicted molar refractivity (Wildman–Crippen MR) is 196 cm³/mol. The van der Waals surface area contributed by atoms with Crippen molar-refractivity contribution in [3.8, 4) is 28.2 Å². The van der Waals surface area contributed by atoms with Gasteiger partial charge in [-0.15, -0.1) is 54.1 Å². The first kappa shape index (κ1) is 25.2. The van der Waals surface area contributed by atoms with Crippen LogP contribution in [0.4, 0.5) is 0 Å². The smallest absolute Gasteiger partial charge is 0.128 e. The third-order valence-electron chi connectivity index (χ3n) is 8.50. The van der Waals surface area contributed by atoms with E-state index in [1.165, 1.54) is 0 Å². The van der Waals surface area contributed by atoms with Gasteiger partial charge in [-0.3, -0.25) is 0 Å². The number of para-hydroxylation sites is 2. The van der Waals surface area contributed by atoms with E-state index < -0.39 is 6.04 Å². The second-order valence-corrected chi connectivity index (χ2v) is 11.3. The molecule has 5 heteroatoms. The minimum Gasteiger partial charge on any atom is -0.500 e. The minimum absolute atomic E-state index is 0. The zero-order valence-electron chi connectivity index (χ0n) is 30.8. The van der Waals surface area contributed by atoms with E-state index in [1.807, 2.05) is 103 Å². The molecular weight excluding hydrogens is 779 g/mol. The Morgan fingerprint density at radius 1 is 0.592 bits per heavy atom. The second kappa shape index (κ2) is 13.0. The Bertz CT molecular complexity index is 2950. The molecule has 0 amide bonds. The molecule has 10 aromatic rings. The molecule has 0 aliphatic heterocycles. The Morgan fingerprint density at radius 2 is 1.39 bits per heavy atom. The van der Waals surface area contributed by atoms with Crippen LogP contribution in [-0.4, -0.2) is 14.5 Å². The van der Waals surface area contributed by atoms with Gasteiger partial charge in [0.25, 0.3) is 0 Å². The van der Waals surface area contributed by atoms with Gasteiger partial charge in [0.2, 0.25) is 0 Å². The van der Waals surface area contributed by atoms with Crippen LogP contribution < -0.4 is 0 Å². The van der Waals surface area contributed by atoms with Crippen LogP contribution in [0.1, 0.15) is 6.85 Å². The number of benzene rings is 6. The molecule has 235 valence electrons. The van der Waals surface area contributed by atoms with Crippen molar-refractivity contribution < 1.29 is 31.4 Å². The summed E-state index contributed by atoms with van der Waals surface area (Å²) in [7, 11) is 0. The number of hydrogen-bond acceptors (Lipinski definition) is 3. The van der Waals surface area contributed by atoms with Gasteiger partial charge in [0.1, 0.15) is 5.58 Å². The van der Waals surface area contributed by atoms with Gasteiger partial charge in [-0.05, 0) is 41.0 Å². The number of aromatic nitrogens is 3. The summed E-state index contributed by atoms with van der Waals surface area (Å²) in [5.41, 5.74) is 6.24. The molecule has 0 bridgehead atoms. The molecule has 0 atom stereocenters.